The van der Waals surface area contributed by atoms with Crippen molar-refractivity contribution in [3.8, 4) is 11.1 Å². The van der Waals surface area contributed by atoms with Crippen molar-refractivity contribution in [3.05, 3.63) is 53.0 Å². The number of alkyl halides is 3. The first-order valence-corrected chi connectivity index (χ1v) is 8.49. The number of fused-ring (bicyclic) bond motifs is 1. The summed E-state index contributed by atoms with van der Waals surface area (Å²) in [7, 11) is 0. The zero-order valence-corrected chi connectivity index (χ0v) is 15.1. The van der Waals surface area contributed by atoms with Gasteiger partial charge in [-0.25, -0.2) is 14.3 Å². The van der Waals surface area contributed by atoms with E-state index in [1.165, 1.54) is 16.8 Å². The Labute approximate surface area is 153 Å². The topological polar surface area (TPSA) is 56.5 Å². The van der Waals surface area contributed by atoms with Crippen LogP contribution in [0.3, 0.4) is 0 Å². The SMILES string of the molecule is CCOC(=O)c1cnc2c(-c3cccc(C(F)(F)F)c3)c(C)nn2c1CC. The third-order valence-electron chi connectivity index (χ3n) is 4.23. The summed E-state index contributed by atoms with van der Waals surface area (Å²) in [6.45, 7) is 5.50. The van der Waals surface area contributed by atoms with Gasteiger partial charge in [0.25, 0.3) is 0 Å². The number of hydrogen-bond acceptors (Lipinski definition) is 4. The molecule has 0 aliphatic rings. The third kappa shape index (κ3) is 3.39. The lowest BCUT2D eigenvalue weighted by Crippen LogP contribution is -2.13. The molecule has 0 saturated heterocycles. The molecular formula is C19H18F3N3O2. The Morgan fingerprint density at radius 1 is 1.26 bits per heavy atom. The van der Waals surface area contributed by atoms with E-state index in [0.29, 0.717) is 40.1 Å². The summed E-state index contributed by atoms with van der Waals surface area (Å²) in [5.41, 5.74) is 1.96. The Morgan fingerprint density at radius 3 is 2.63 bits per heavy atom. The van der Waals surface area contributed by atoms with Gasteiger partial charge in [0.1, 0.15) is 0 Å². The first-order valence-electron chi connectivity index (χ1n) is 8.49. The minimum absolute atomic E-state index is 0.230. The van der Waals surface area contributed by atoms with Crippen LogP contribution in [-0.4, -0.2) is 27.2 Å². The number of carbonyl (C=O) groups is 1. The lowest BCUT2D eigenvalue weighted by molar-refractivity contribution is -0.137. The standard InChI is InChI=1S/C19H18F3N3O2/c1-4-15-14(18(26)27-5-2)10-23-17-16(11(3)24-25(15)17)12-7-6-8-13(9-12)19(20,21)22/h6-10H,4-5H2,1-3H3. The normalized spacial score (nSPS) is 11.8. The van der Waals surface area contributed by atoms with Crippen LogP contribution < -0.4 is 0 Å². The maximum absolute atomic E-state index is 13.1. The molecule has 2 aromatic heterocycles. The molecule has 8 heteroatoms. The molecule has 3 rings (SSSR count). The number of nitrogens with zero attached hydrogens (tertiary/aromatic N) is 3. The van der Waals surface area contributed by atoms with E-state index in [4.69, 9.17) is 4.74 Å². The highest BCUT2D eigenvalue weighted by atomic mass is 19.4. The molecule has 0 unspecified atom stereocenters. The fraction of sp³-hybridized carbons (Fsp3) is 0.316. The van der Waals surface area contributed by atoms with Gasteiger partial charge in [0.2, 0.25) is 0 Å². The second-order valence-electron chi connectivity index (χ2n) is 5.97. The second-order valence-corrected chi connectivity index (χ2v) is 5.97. The number of aromatic nitrogens is 3. The van der Waals surface area contributed by atoms with E-state index in [0.717, 1.165) is 12.1 Å². The van der Waals surface area contributed by atoms with Gasteiger partial charge in [-0.05, 0) is 38.0 Å². The van der Waals surface area contributed by atoms with Crippen molar-refractivity contribution in [2.75, 3.05) is 6.61 Å². The molecule has 0 radical (unpaired) electrons. The molecule has 0 spiro atoms. The van der Waals surface area contributed by atoms with Crippen molar-refractivity contribution in [1.82, 2.24) is 14.6 Å². The summed E-state index contributed by atoms with van der Waals surface area (Å²) in [5.74, 6) is -0.502. The summed E-state index contributed by atoms with van der Waals surface area (Å²) in [6, 6.07) is 5.05. The molecule has 0 bridgehead atoms. The van der Waals surface area contributed by atoms with Crippen molar-refractivity contribution in [1.29, 1.82) is 0 Å². The highest BCUT2D eigenvalue weighted by Gasteiger charge is 2.31. The van der Waals surface area contributed by atoms with Crippen LogP contribution in [0.5, 0.6) is 0 Å². The largest absolute Gasteiger partial charge is 0.462 e. The van der Waals surface area contributed by atoms with E-state index < -0.39 is 17.7 Å². The fourth-order valence-electron chi connectivity index (χ4n) is 3.05. The molecule has 2 heterocycles. The molecule has 1 aromatic carbocycles. The van der Waals surface area contributed by atoms with Gasteiger partial charge in [0, 0.05) is 11.8 Å². The highest BCUT2D eigenvalue weighted by Crippen LogP contribution is 2.34. The number of carbonyl (C=O) groups excluding carboxylic acids is 1. The van der Waals surface area contributed by atoms with Crippen LogP contribution in [0.4, 0.5) is 13.2 Å². The van der Waals surface area contributed by atoms with E-state index in [-0.39, 0.29) is 6.61 Å². The molecule has 5 nitrogen and oxygen atoms in total. The van der Waals surface area contributed by atoms with Crippen LogP contribution in [0, 0.1) is 6.92 Å². The average molecular weight is 377 g/mol. The fourth-order valence-corrected chi connectivity index (χ4v) is 3.05. The maximum Gasteiger partial charge on any atom is 0.416 e. The van der Waals surface area contributed by atoms with Gasteiger partial charge in [0.05, 0.1) is 29.1 Å². The van der Waals surface area contributed by atoms with Gasteiger partial charge in [-0.1, -0.05) is 19.1 Å². The summed E-state index contributed by atoms with van der Waals surface area (Å²) in [6.07, 6.45) is -2.56. The Kier molecular flexibility index (Phi) is 4.91. The molecule has 142 valence electrons. The quantitative estimate of drug-likeness (QED) is 0.630. The zero-order valence-electron chi connectivity index (χ0n) is 15.1. The second kappa shape index (κ2) is 7.02. The van der Waals surface area contributed by atoms with Crippen LogP contribution >= 0.6 is 0 Å². The van der Waals surface area contributed by atoms with E-state index in [2.05, 4.69) is 10.1 Å². The predicted molar refractivity (Wildman–Crippen MR) is 93.5 cm³/mol. The molecule has 27 heavy (non-hydrogen) atoms. The summed E-state index contributed by atoms with van der Waals surface area (Å²) < 4.78 is 45.8. The van der Waals surface area contributed by atoms with Crippen molar-refractivity contribution >= 4 is 11.6 Å². The van der Waals surface area contributed by atoms with E-state index in [9.17, 15) is 18.0 Å². The average Bonchev–Trinajstić information content (AvgIpc) is 2.96. The van der Waals surface area contributed by atoms with Crippen molar-refractivity contribution in [2.24, 2.45) is 0 Å². The smallest absolute Gasteiger partial charge is 0.416 e. The Balaban J connectivity index is 2.22. The van der Waals surface area contributed by atoms with Gasteiger partial charge in [-0.3, -0.25) is 0 Å². The van der Waals surface area contributed by atoms with Gasteiger partial charge >= 0.3 is 12.1 Å². The predicted octanol–water partition coefficient (Wildman–Crippen LogP) is 4.46. The Bertz CT molecular complexity index is 1010. The number of benzene rings is 1. The Hall–Kier alpha value is -2.90. The molecule has 0 atom stereocenters. The first-order chi connectivity index (χ1) is 12.8. The summed E-state index contributed by atoms with van der Waals surface area (Å²) in [5, 5.41) is 4.42. The van der Waals surface area contributed by atoms with E-state index in [1.807, 2.05) is 6.92 Å². The van der Waals surface area contributed by atoms with Crippen molar-refractivity contribution in [2.45, 2.75) is 33.4 Å². The Morgan fingerprint density at radius 2 is 2.00 bits per heavy atom. The first kappa shape index (κ1) is 18.9. The molecule has 0 saturated carbocycles. The molecule has 0 amide bonds. The van der Waals surface area contributed by atoms with Crippen LogP contribution in [0.2, 0.25) is 0 Å². The molecule has 0 N–H and O–H groups in total. The number of hydrogen-bond donors (Lipinski definition) is 0. The number of aryl methyl sites for hydroxylation is 2. The molecular weight excluding hydrogens is 359 g/mol. The van der Waals surface area contributed by atoms with Crippen molar-refractivity contribution in [3.63, 3.8) is 0 Å². The minimum atomic E-state index is -4.44. The van der Waals surface area contributed by atoms with Crippen LogP contribution in [0.15, 0.2) is 30.5 Å². The van der Waals surface area contributed by atoms with E-state index >= 15 is 0 Å². The maximum atomic E-state index is 13.1. The highest BCUT2D eigenvalue weighted by molar-refractivity contribution is 5.91. The van der Waals surface area contributed by atoms with Crippen LogP contribution in [0.1, 0.15) is 41.2 Å². The molecule has 0 fully saturated rings. The van der Waals surface area contributed by atoms with Crippen molar-refractivity contribution < 1.29 is 22.7 Å². The number of rotatable bonds is 4. The third-order valence-corrected chi connectivity index (χ3v) is 4.23. The number of ether oxygens (including phenoxy) is 1. The van der Waals surface area contributed by atoms with Gasteiger partial charge in [-0.2, -0.15) is 18.3 Å². The molecule has 0 aliphatic carbocycles. The lowest BCUT2D eigenvalue weighted by Gasteiger charge is -2.10. The lowest BCUT2D eigenvalue weighted by atomic mass is 10.0. The van der Waals surface area contributed by atoms with Gasteiger partial charge < -0.3 is 4.74 Å². The monoisotopic (exact) mass is 377 g/mol. The molecule has 0 aliphatic heterocycles. The summed E-state index contributed by atoms with van der Waals surface area (Å²) in [4.78, 5) is 16.5. The number of esters is 1. The number of halogens is 3. The summed E-state index contributed by atoms with van der Waals surface area (Å²) >= 11 is 0. The van der Waals surface area contributed by atoms with Gasteiger partial charge in [-0.15, -0.1) is 0 Å². The zero-order chi connectivity index (χ0) is 19.8. The minimum Gasteiger partial charge on any atom is -0.462 e. The van der Waals surface area contributed by atoms with Gasteiger partial charge in [0.15, 0.2) is 5.65 Å². The van der Waals surface area contributed by atoms with Crippen LogP contribution in [0.25, 0.3) is 16.8 Å². The van der Waals surface area contributed by atoms with Crippen LogP contribution in [-0.2, 0) is 17.3 Å². The molecule has 3 aromatic rings. The van der Waals surface area contributed by atoms with E-state index in [1.54, 1.807) is 19.9 Å².